The topological polar surface area (TPSA) is 66.5 Å². The second-order valence-corrected chi connectivity index (χ2v) is 5.35. The monoisotopic (exact) mass is 261 g/mol. The molecule has 0 aromatic carbocycles. The van der Waals surface area contributed by atoms with E-state index in [4.69, 9.17) is 0 Å². The Morgan fingerprint density at radius 2 is 1.95 bits per heavy atom. The van der Waals surface area contributed by atoms with Crippen LogP contribution in [-0.2, 0) is 0 Å². The van der Waals surface area contributed by atoms with E-state index < -0.39 is 0 Å². The van der Waals surface area contributed by atoms with E-state index in [0.29, 0.717) is 0 Å². The number of aromatic amines is 1. The summed E-state index contributed by atoms with van der Waals surface area (Å²) in [6, 6.07) is 0. The standard InChI is InChI=1S/C14H23N5/c1-11(2)7-5-3-4-6-8-15-13-12-14(17-9-16-12)19-10-18-13/h9-11H,3-8H2,1-2H3,(H2,15,16,17,18,19). The molecule has 0 fully saturated rings. The van der Waals surface area contributed by atoms with Crippen molar-refractivity contribution in [3.8, 4) is 0 Å². The molecular weight excluding hydrogens is 238 g/mol. The number of aromatic nitrogens is 4. The lowest BCUT2D eigenvalue weighted by Gasteiger charge is -2.06. The third-order valence-electron chi connectivity index (χ3n) is 3.22. The second kappa shape index (κ2) is 7.07. The van der Waals surface area contributed by atoms with E-state index in [2.05, 4.69) is 39.1 Å². The Bertz CT molecular complexity index is 491. The fourth-order valence-corrected chi connectivity index (χ4v) is 2.14. The largest absolute Gasteiger partial charge is 0.368 e. The minimum absolute atomic E-state index is 0.717. The molecule has 0 saturated carbocycles. The van der Waals surface area contributed by atoms with Crippen molar-refractivity contribution in [1.29, 1.82) is 0 Å². The summed E-state index contributed by atoms with van der Waals surface area (Å²) in [6.45, 7) is 5.52. The lowest BCUT2D eigenvalue weighted by atomic mass is 10.0. The molecule has 2 rings (SSSR count). The maximum absolute atomic E-state index is 4.24. The Hall–Kier alpha value is -1.65. The summed E-state index contributed by atoms with van der Waals surface area (Å²) in [7, 11) is 0. The summed E-state index contributed by atoms with van der Waals surface area (Å²) in [4.78, 5) is 15.5. The van der Waals surface area contributed by atoms with E-state index in [-0.39, 0.29) is 0 Å². The number of hydrogen-bond acceptors (Lipinski definition) is 4. The van der Waals surface area contributed by atoms with Gasteiger partial charge in [0.25, 0.3) is 0 Å². The van der Waals surface area contributed by atoms with Gasteiger partial charge in [0, 0.05) is 6.54 Å². The number of imidazole rings is 1. The molecule has 0 aliphatic carbocycles. The van der Waals surface area contributed by atoms with Crippen molar-refractivity contribution in [3.05, 3.63) is 12.7 Å². The summed E-state index contributed by atoms with van der Waals surface area (Å²) in [5.74, 6) is 1.68. The maximum atomic E-state index is 4.24. The average molecular weight is 261 g/mol. The van der Waals surface area contributed by atoms with E-state index in [0.717, 1.165) is 29.4 Å². The van der Waals surface area contributed by atoms with Crippen LogP contribution in [0.1, 0.15) is 46.0 Å². The van der Waals surface area contributed by atoms with Gasteiger partial charge in [-0.2, -0.15) is 0 Å². The third-order valence-corrected chi connectivity index (χ3v) is 3.22. The van der Waals surface area contributed by atoms with Gasteiger partial charge < -0.3 is 10.3 Å². The first-order chi connectivity index (χ1) is 9.27. The molecule has 0 aliphatic heterocycles. The van der Waals surface area contributed by atoms with E-state index in [9.17, 15) is 0 Å². The van der Waals surface area contributed by atoms with Gasteiger partial charge in [-0.25, -0.2) is 15.0 Å². The molecule has 2 aromatic rings. The van der Waals surface area contributed by atoms with Crippen LogP contribution in [0.15, 0.2) is 12.7 Å². The Morgan fingerprint density at radius 1 is 1.11 bits per heavy atom. The number of H-pyrrole nitrogens is 1. The molecule has 0 unspecified atom stereocenters. The Morgan fingerprint density at radius 3 is 2.79 bits per heavy atom. The molecule has 0 amide bonds. The fourth-order valence-electron chi connectivity index (χ4n) is 2.14. The van der Waals surface area contributed by atoms with Crippen LogP contribution in [0.3, 0.4) is 0 Å². The van der Waals surface area contributed by atoms with Gasteiger partial charge in [-0.3, -0.25) is 0 Å². The molecule has 0 aliphatic rings. The van der Waals surface area contributed by atoms with Crippen LogP contribution in [0.25, 0.3) is 11.2 Å². The van der Waals surface area contributed by atoms with E-state index in [1.165, 1.54) is 32.1 Å². The van der Waals surface area contributed by atoms with Crippen LogP contribution in [0, 0.1) is 5.92 Å². The summed E-state index contributed by atoms with van der Waals surface area (Å²) in [5.41, 5.74) is 1.61. The molecule has 0 radical (unpaired) electrons. The van der Waals surface area contributed by atoms with E-state index >= 15 is 0 Å². The minimum Gasteiger partial charge on any atom is -0.368 e. The predicted octanol–water partition coefficient (Wildman–Crippen LogP) is 3.37. The average Bonchev–Trinajstić information content (AvgIpc) is 2.86. The molecular formula is C14H23N5. The van der Waals surface area contributed by atoms with Crippen LogP contribution in [0.2, 0.25) is 0 Å². The summed E-state index contributed by atoms with van der Waals surface area (Å²) >= 11 is 0. The van der Waals surface area contributed by atoms with Gasteiger partial charge >= 0.3 is 0 Å². The molecule has 2 aromatic heterocycles. The normalized spacial score (nSPS) is 11.3. The molecule has 5 heteroatoms. The van der Waals surface area contributed by atoms with E-state index in [1.807, 2.05) is 0 Å². The Kier molecular flexibility index (Phi) is 5.12. The molecule has 5 nitrogen and oxygen atoms in total. The van der Waals surface area contributed by atoms with Crippen molar-refractivity contribution < 1.29 is 0 Å². The highest BCUT2D eigenvalue weighted by Crippen LogP contribution is 2.14. The van der Waals surface area contributed by atoms with Gasteiger partial charge in [0.2, 0.25) is 0 Å². The lowest BCUT2D eigenvalue weighted by Crippen LogP contribution is -2.04. The zero-order valence-electron chi connectivity index (χ0n) is 11.8. The number of nitrogens with one attached hydrogen (secondary N) is 2. The fraction of sp³-hybridized carbons (Fsp3) is 0.643. The van der Waals surface area contributed by atoms with Gasteiger partial charge in [0.05, 0.1) is 6.33 Å². The lowest BCUT2D eigenvalue weighted by molar-refractivity contribution is 0.523. The van der Waals surface area contributed by atoms with Crippen LogP contribution >= 0.6 is 0 Å². The maximum Gasteiger partial charge on any atom is 0.182 e. The number of rotatable bonds is 8. The van der Waals surface area contributed by atoms with Gasteiger partial charge in [-0.15, -0.1) is 0 Å². The molecule has 2 N–H and O–H groups in total. The van der Waals surface area contributed by atoms with Gasteiger partial charge in [0.15, 0.2) is 11.5 Å². The highest BCUT2D eigenvalue weighted by Gasteiger charge is 2.04. The molecule has 0 atom stereocenters. The zero-order valence-corrected chi connectivity index (χ0v) is 11.8. The SMILES string of the molecule is CC(C)CCCCCCNc1ncnc2nc[nH]c12. The number of hydrogen-bond donors (Lipinski definition) is 2. The van der Waals surface area contributed by atoms with Crippen LogP contribution < -0.4 is 5.32 Å². The van der Waals surface area contributed by atoms with Gasteiger partial charge in [0.1, 0.15) is 11.8 Å². The van der Waals surface area contributed by atoms with Crippen molar-refractivity contribution in [2.75, 3.05) is 11.9 Å². The smallest absolute Gasteiger partial charge is 0.182 e. The molecule has 0 saturated heterocycles. The van der Waals surface area contributed by atoms with Crippen LogP contribution in [0.5, 0.6) is 0 Å². The first kappa shape index (κ1) is 13.8. The van der Waals surface area contributed by atoms with Crippen molar-refractivity contribution in [2.24, 2.45) is 5.92 Å². The molecule has 0 bridgehead atoms. The van der Waals surface area contributed by atoms with Crippen molar-refractivity contribution >= 4 is 17.0 Å². The molecule has 0 spiro atoms. The Labute approximate surface area is 114 Å². The third kappa shape index (κ3) is 4.19. The van der Waals surface area contributed by atoms with Crippen molar-refractivity contribution in [1.82, 2.24) is 19.9 Å². The van der Waals surface area contributed by atoms with Crippen LogP contribution in [0.4, 0.5) is 5.82 Å². The van der Waals surface area contributed by atoms with Crippen molar-refractivity contribution in [2.45, 2.75) is 46.0 Å². The molecule has 104 valence electrons. The molecule has 2 heterocycles. The zero-order chi connectivity index (χ0) is 13.5. The van der Waals surface area contributed by atoms with Crippen LogP contribution in [-0.4, -0.2) is 26.5 Å². The number of anilines is 1. The summed E-state index contributed by atoms with van der Waals surface area (Å²) < 4.78 is 0. The van der Waals surface area contributed by atoms with Crippen molar-refractivity contribution in [3.63, 3.8) is 0 Å². The summed E-state index contributed by atoms with van der Waals surface area (Å²) in [5, 5.41) is 3.35. The summed E-state index contributed by atoms with van der Waals surface area (Å²) in [6.07, 6.45) is 9.66. The first-order valence-corrected chi connectivity index (χ1v) is 7.15. The minimum atomic E-state index is 0.717. The van der Waals surface area contributed by atoms with Gasteiger partial charge in [-0.05, 0) is 12.3 Å². The van der Waals surface area contributed by atoms with E-state index in [1.54, 1.807) is 12.7 Å². The molecule has 19 heavy (non-hydrogen) atoms. The first-order valence-electron chi connectivity index (χ1n) is 7.15. The number of fused-ring (bicyclic) bond motifs is 1. The highest BCUT2D eigenvalue weighted by atomic mass is 15.1. The van der Waals surface area contributed by atoms with Gasteiger partial charge in [-0.1, -0.05) is 39.5 Å². The predicted molar refractivity (Wildman–Crippen MR) is 78.1 cm³/mol. The highest BCUT2D eigenvalue weighted by molar-refractivity contribution is 5.81. The Balaban J connectivity index is 1.67. The number of unbranched alkanes of at least 4 members (excludes halogenated alkanes) is 3. The number of nitrogens with zero attached hydrogens (tertiary/aromatic N) is 3. The second-order valence-electron chi connectivity index (χ2n) is 5.35. The quantitative estimate of drug-likeness (QED) is 0.715.